The number of fused-ring (bicyclic) bond motifs is 1. The van der Waals surface area contributed by atoms with Gasteiger partial charge in [0.1, 0.15) is 11.5 Å². The van der Waals surface area contributed by atoms with Crippen molar-refractivity contribution in [2.45, 2.75) is 19.4 Å². The van der Waals surface area contributed by atoms with Crippen molar-refractivity contribution in [2.75, 3.05) is 43.9 Å². The molecular weight excluding hydrogens is 367 g/mol. The van der Waals surface area contributed by atoms with Gasteiger partial charge in [0.05, 0.1) is 11.3 Å². The van der Waals surface area contributed by atoms with Gasteiger partial charge in [-0.1, -0.05) is 24.3 Å². The second-order valence-electron chi connectivity index (χ2n) is 7.84. The van der Waals surface area contributed by atoms with E-state index in [2.05, 4.69) is 19.7 Å². The molecule has 152 valence electrons. The summed E-state index contributed by atoms with van der Waals surface area (Å²) in [6, 6.07) is 12.8. The maximum atomic E-state index is 14.7. The van der Waals surface area contributed by atoms with Crippen LogP contribution in [0.4, 0.5) is 15.8 Å². The van der Waals surface area contributed by atoms with E-state index in [1.165, 1.54) is 6.07 Å². The molecule has 3 aromatic rings. The molecule has 2 heterocycles. The van der Waals surface area contributed by atoms with Gasteiger partial charge >= 0.3 is 0 Å². The molecule has 1 amide bonds. The number of nitrogens with zero attached hydrogens (tertiary/aromatic N) is 3. The maximum Gasteiger partial charge on any atom is 0.257 e. The monoisotopic (exact) mass is 394 g/mol. The Hall–Kier alpha value is -2.86. The third kappa shape index (κ3) is 3.98. The van der Waals surface area contributed by atoms with Crippen molar-refractivity contribution in [3.63, 3.8) is 0 Å². The Morgan fingerprint density at radius 1 is 1.10 bits per heavy atom. The maximum absolute atomic E-state index is 14.7. The summed E-state index contributed by atoms with van der Waals surface area (Å²) >= 11 is 0. The Kier molecular flexibility index (Phi) is 5.53. The first-order valence-electron chi connectivity index (χ1n) is 10.1. The van der Waals surface area contributed by atoms with Gasteiger partial charge in [-0.2, -0.15) is 0 Å². The highest BCUT2D eigenvalue weighted by Gasteiger charge is 2.22. The van der Waals surface area contributed by atoms with E-state index in [0.717, 1.165) is 55.6 Å². The summed E-state index contributed by atoms with van der Waals surface area (Å²) in [4.78, 5) is 17.4. The molecule has 0 saturated carbocycles. The van der Waals surface area contributed by atoms with Crippen LogP contribution in [0.25, 0.3) is 10.9 Å². The molecule has 0 atom stereocenters. The first kappa shape index (κ1) is 19.5. The molecule has 5 nitrogen and oxygen atoms in total. The van der Waals surface area contributed by atoms with Crippen LogP contribution >= 0.6 is 0 Å². The third-order valence-corrected chi connectivity index (χ3v) is 5.50. The molecule has 0 radical (unpaired) electrons. The molecule has 1 saturated heterocycles. The molecule has 0 aliphatic carbocycles. The predicted molar refractivity (Wildman–Crippen MR) is 116 cm³/mol. The lowest BCUT2D eigenvalue weighted by molar-refractivity contribution is 0.102. The largest absolute Gasteiger partial charge is 0.370 e. The molecule has 29 heavy (non-hydrogen) atoms. The van der Waals surface area contributed by atoms with E-state index in [0.29, 0.717) is 5.56 Å². The summed E-state index contributed by atoms with van der Waals surface area (Å²) in [5.74, 6) is -0.686. The van der Waals surface area contributed by atoms with Crippen LogP contribution < -0.4 is 10.2 Å². The zero-order chi connectivity index (χ0) is 20.4. The van der Waals surface area contributed by atoms with Crippen LogP contribution in [-0.4, -0.2) is 49.1 Å². The second-order valence-corrected chi connectivity index (χ2v) is 7.84. The van der Waals surface area contributed by atoms with Crippen molar-refractivity contribution in [3.8, 4) is 0 Å². The van der Waals surface area contributed by atoms with Gasteiger partial charge in [0, 0.05) is 43.3 Å². The van der Waals surface area contributed by atoms with Crippen LogP contribution in [0.3, 0.4) is 0 Å². The average Bonchev–Trinajstić information content (AvgIpc) is 3.36. The molecule has 1 aliphatic rings. The van der Waals surface area contributed by atoms with Crippen molar-refractivity contribution < 1.29 is 9.18 Å². The predicted octanol–water partition coefficient (Wildman–Crippen LogP) is 4.19. The highest BCUT2D eigenvalue weighted by Crippen LogP contribution is 2.32. The average molecular weight is 394 g/mol. The van der Waals surface area contributed by atoms with E-state index in [4.69, 9.17) is 0 Å². The molecule has 0 spiro atoms. The molecule has 2 aromatic carbocycles. The zero-order valence-corrected chi connectivity index (χ0v) is 17.0. The van der Waals surface area contributed by atoms with E-state index in [9.17, 15) is 9.18 Å². The number of halogens is 1. The highest BCUT2D eigenvalue weighted by atomic mass is 19.1. The van der Waals surface area contributed by atoms with Crippen molar-refractivity contribution >= 4 is 28.2 Å². The Labute approximate surface area is 170 Å². The molecule has 4 rings (SSSR count). The smallest absolute Gasteiger partial charge is 0.257 e. The van der Waals surface area contributed by atoms with Crippen molar-refractivity contribution in [3.05, 3.63) is 60.0 Å². The molecule has 0 unspecified atom stereocenters. The molecule has 1 N–H and O–H groups in total. The number of aromatic nitrogens is 1. The van der Waals surface area contributed by atoms with E-state index in [-0.39, 0.29) is 11.6 Å². The summed E-state index contributed by atoms with van der Waals surface area (Å²) in [6.45, 7) is 3.41. The highest BCUT2D eigenvalue weighted by molar-refractivity contribution is 6.13. The summed E-state index contributed by atoms with van der Waals surface area (Å²) < 4.78 is 16.7. The summed E-state index contributed by atoms with van der Waals surface area (Å²) in [5.41, 5.74) is 2.60. The number of hydrogen-bond acceptors (Lipinski definition) is 3. The number of carbonyl (C=O) groups excluding carboxylic acids is 1. The molecule has 1 aromatic heterocycles. The number of amides is 1. The third-order valence-electron chi connectivity index (χ3n) is 5.50. The number of anilines is 2. The Balaban J connectivity index is 1.67. The molecule has 0 bridgehead atoms. The fourth-order valence-corrected chi connectivity index (χ4v) is 3.96. The van der Waals surface area contributed by atoms with E-state index < -0.39 is 5.82 Å². The van der Waals surface area contributed by atoms with Gasteiger partial charge in [0.25, 0.3) is 5.91 Å². The lowest BCUT2D eigenvalue weighted by Crippen LogP contribution is -2.22. The number of nitrogens with one attached hydrogen (secondary N) is 1. The topological polar surface area (TPSA) is 40.5 Å². The summed E-state index contributed by atoms with van der Waals surface area (Å²) in [5, 5.41) is 3.74. The quantitative estimate of drug-likeness (QED) is 0.681. The Morgan fingerprint density at radius 3 is 2.62 bits per heavy atom. The molecule has 6 heteroatoms. The van der Waals surface area contributed by atoms with Gasteiger partial charge in [-0.3, -0.25) is 4.79 Å². The molecule has 1 fully saturated rings. The first-order valence-corrected chi connectivity index (χ1v) is 10.1. The Bertz CT molecular complexity index is 1020. The minimum atomic E-state index is -0.404. The fraction of sp³-hybridized carbons (Fsp3) is 0.348. The van der Waals surface area contributed by atoms with Gasteiger partial charge in [0.15, 0.2) is 0 Å². The van der Waals surface area contributed by atoms with E-state index >= 15 is 0 Å². The van der Waals surface area contributed by atoms with E-state index in [1.807, 2.05) is 50.6 Å². The number of rotatable bonds is 6. The lowest BCUT2D eigenvalue weighted by atomic mass is 10.1. The minimum Gasteiger partial charge on any atom is -0.370 e. The number of carbonyl (C=O) groups is 1. The van der Waals surface area contributed by atoms with Gasteiger partial charge in [0.2, 0.25) is 0 Å². The number of para-hydroxylation sites is 2. The lowest BCUT2D eigenvalue weighted by Gasteiger charge is -2.22. The van der Waals surface area contributed by atoms with Crippen LogP contribution in [0.1, 0.15) is 23.2 Å². The Morgan fingerprint density at radius 2 is 1.86 bits per heavy atom. The zero-order valence-electron chi connectivity index (χ0n) is 17.0. The van der Waals surface area contributed by atoms with Crippen molar-refractivity contribution in [2.24, 2.45) is 0 Å². The first-order chi connectivity index (χ1) is 14.0. The number of hydrogen-bond donors (Lipinski definition) is 1. The molecular formula is C23H27FN4O. The van der Waals surface area contributed by atoms with Crippen LogP contribution in [0.15, 0.2) is 48.7 Å². The normalized spacial score (nSPS) is 14.1. The van der Waals surface area contributed by atoms with Gasteiger partial charge in [-0.05, 0) is 45.1 Å². The van der Waals surface area contributed by atoms with Crippen LogP contribution in [0.5, 0.6) is 0 Å². The minimum absolute atomic E-state index is 0.268. The SMILES string of the molecule is CN(C)CCn1cc(C(=O)Nc2c(F)cccc2N2CCCC2)c2ccccc21. The van der Waals surface area contributed by atoms with Gasteiger partial charge in [-0.15, -0.1) is 0 Å². The summed E-state index contributed by atoms with van der Waals surface area (Å²) in [6.07, 6.45) is 4.05. The van der Waals surface area contributed by atoms with Crippen molar-refractivity contribution in [1.82, 2.24) is 9.47 Å². The number of benzene rings is 2. The van der Waals surface area contributed by atoms with Crippen LogP contribution in [-0.2, 0) is 6.54 Å². The second kappa shape index (κ2) is 8.25. The molecule has 1 aliphatic heterocycles. The number of likely N-dealkylation sites (N-methyl/N-ethyl adjacent to an activating group) is 1. The van der Waals surface area contributed by atoms with E-state index in [1.54, 1.807) is 6.07 Å². The van der Waals surface area contributed by atoms with Crippen LogP contribution in [0, 0.1) is 5.82 Å². The van der Waals surface area contributed by atoms with Crippen LogP contribution in [0.2, 0.25) is 0 Å². The fourth-order valence-electron chi connectivity index (χ4n) is 3.96. The standard InChI is InChI=1S/C23H27FN4O/c1-26(2)14-15-28-16-18(17-8-3-4-10-20(17)28)23(29)25-22-19(24)9-7-11-21(22)27-12-5-6-13-27/h3-4,7-11,16H,5-6,12-15H2,1-2H3,(H,25,29). The van der Waals surface area contributed by atoms with Crippen molar-refractivity contribution in [1.29, 1.82) is 0 Å². The van der Waals surface area contributed by atoms with Gasteiger partial charge < -0.3 is 19.7 Å². The van der Waals surface area contributed by atoms with Gasteiger partial charge in [-0.25, -0.2) is 4.39 Å². The summed E-state index contributed by atoms with van der Waals surface area (Å²) in [7, 11) is 4.05.